The summed E-state index contributed by atoms with van der Waals surface area (Å²) in [5, 5.41) is 3.40. The lowest BCUT2D eigenvalue weighted by Crippen LogP contribution is -2.40. The topological polar surface area (TPSA) is 33.7 Å². The van der Waals surface area contributed by atoms with E-state index in [-0.39, 0.29) is 11.6 Å². The van der Waals surface area contributed by atoms with Gasteiger partial charge in [0.2, 0.25) is 0 Å². The molecule has 1 unspecified atom stereocenters. The first-order valence-corrected chi connectivity index (χ1v) is 9.63. The molecule has 0 spiro atoms. The summed E-state index contributed by atoms with van der Waals surface area (Å²) in [6, 6.07) is 6.23. The highest BCUT2D eigenvalue weighted by Crippen LogP contribution is 2.45. The Balaban J connectivity index is 1.98. The zero-order valence-corrected chi connectivity index (χ0v) is 17.0. The van der Waals surface area contributed by atoms with Gasteiger partial charge in [-0.2, -0.15) is 8.78 Å². The van der Waals surface area contributed by atoms with Crippen molar-refractivity contribution < 1.29 is 22.6 Å². The minimum atomic E-state index is -2.89. The van der Waals surface area contributed by atoms with Crippen molar-refractivity contribution in [2.75, 3.05) is 40.3 Å². The lowest BCUT2D eigenvalue weighted by Gasteiger charge is -2.41. The van der Waals surface area contributed by atoms with Crippen molar-refractivity contribution in [3.63, 3.8) is 0 Å². The average Bonchev–Trinajstić information content (AvgIpc) is 2.66. The van der Waals surface area contributed by atoms with Crippen LogP contribution >= 0.6 is 0 Å². The molecule has 0 aromatic heterocycles. The number of nitrogens with one attached hydrogen (secondary N) is 1. The molecule has 1 N–H and O–H groups in total. The minimum Gasteiger partial charge on any atom is -0.435 e. The maximum atomic E-state index is 13.5. The number of hydrogen-bond donors (Lipinski definition) is 1. The van der Waals surface area contributed by atoms with E-state index < -0.39 is 12.2 Å². The Morgan fingerprint density at radius 3 is 2.62 bits per heavy atom. The number of fused-ring (bicyclic) bond motifs is 1. The van der Waals surface area contributed by atoms with Gasteiger partial charge >= 0.3 is 6.61 Å². The molecule has 0 radical (unpaired) electrons. The van der Waals surface area contributed by atoms with Crippen molar-refractivity contribution in [1.29, 1.82) is 0 Å². The van der Waals surface area contributed by atoms with E-state index in [4.69, 9.17) is 4.74 Å². The van der Waals surface area contributed by atoms with Gasteiger partial charge in [-0.15, -0.1) is 0 Å². The second-order valence-electron chi connectivity index (χ2n) is 7.73. The number of halogens is 3. The normalized spacial score (nSPS) is 21.9. The number of likely N-dealkylation sites (N-methyl/N-ethyl adjacent to an activating group) is 1. The van der Waals surface area contributed by atoms with Gasteiger partial charge in [-0.3, -0.25) is 0 Å². The van der Waals surface area contributed by atoms with Crippen molar-refractivity contribution in [1.82, 2.24) is 10.2 Å². The third kappa shape index (κ3) is 5.29. The van der Waals surface area contributed by atoms with Crippen LogP contribution in [0, 0.1) is 5.82 Å². The van der Waals surface area contributed by atoms with Gasteiger partial charge in [0.1, 0.15) is 11.6 Å². The van der Waals surface area contributed by atoms with E-state index in [1.807, 2.05) is 21.0 Å². The number of rotatable bonds is 8. The highest BCUT2D eigenvalue weighted by molar-refractivity contribution is 5.85. The van der Waals surface area contributed by atoms with Crippen LogP contribution < -0.4 is 5.32 Å². The SMILES string of the molecule is CN(C)CCNCC1=C(c2ccc(F)cc2)C2=CC(OC(F)F)=CCC2(C)OC1. The van der Waals surface area contributed by atoms with Crippen molar-refractivity contribution >= 4 is 5.57 Å². The lowest BCUT2D eigenvalue weighted by atomic mass is 9.77. The molecule has 3 rings (SSSR count). The number of benzene rings is 1. The molecule has 2 aliphatic rings. The Morgan fingerprint density at radius 1 is 1.24 bits per heavy atom. The fraction of sp³-hybridized carbons (Fsp3) is 0.455. The van der Waals surface area contributed by atoms with Gasteiger partial charge in [-0.05, 0) is 67.6 Å². The molecule has 1 aliphatic heterocycles. The molecule has 29 heavy (non-hydrogen) atoms. The van der Waals surface area contributed by atoms with Crippen LogP contribution in [0.25, 0.3) is 5.57 Å². The zero-order valence-electron chi connectivity index (χ0n) is 17.0. The van der Waals surface area contributed by atoms with Crippen LogP contribution in [0.3, 0.4) is 0 Å². The Morgan fingerprint density at radius 2 is 1.97 bits per heavy atom. The highest BCUT2D eigenvalue weighted by atomic mass is 19.3. The van der Waals surface area contributed by atoms with Crippen molar-refractivity contribution in [2.45, 2.75) is 25.6 Å². The fourth-order valence-electron chi connectivity index (χ4n) is 3.58. The molecule has 158 valence electrons. The maximum absolute atomic E-state index is 13.5. The minimum absolute atomic E-state index is 0.123. The number of allylic oxidation sites excluding steroid dienone is 1. The molecule has 1 heterocycles. The van der Waals surface area contributed by atoms with Crippen molar-refractivity contribution in [2.24, 2.45) is 0 Å². The van der Waals surface area contributed by atoms with E-state index in [1.165, 1.54) is 12.1 Å². The third-order valence-electron chi connectivity index (χ3n) is 5.17. The molecule has 0 saturated carbocycles. The van der Waals surface area contributed by atoms with Crippen LogP contribution in [0.4, 0.5) is 13.2 Å². The van der Waals surface area contributed by atoms with Crippen LogP contribution in [-0.4, -0.2) is 57.4 Å². The van der Waals surface area contributed by atoms with Gasteiger partial charge in [-0.25, -0.2) is 4.39 Å². The number of hydrogen-bond acceptors (Lipinski definition) is 4. The highest BCUT2D eigenvalue weighted by Gasteiger charge is 2.39. The molecule has 0 saturated heterocycles. The summed E-state index contributed by atoms with van der Waals surface area (Å²) < 4.78 is 49.8. The first-order chi connectivity index (χ1) is 13.8. The van der Waals surface area contributed by atoms with E-state index in [1.54, 1.807) is 24.3 Å². The Labute approximate surface area is 169 Å². The van der Waals surface area contributed by atoms with Crippen molar-refractivity contribution in [3.05, 3.63) is 64.7 Å². The smallest absolute Gasteiger partial charge is 0.387 e. The summed E-state index contributed by atoms with van der Waals surface area (Å²) in [4.78, 5) is 2.08. The molecule has 7 heteroatoms. The Bertz CT molecular complexity index is 816. The van der Waals surface area contributed by atoms with Gasteiger partial charge in [0, 0.05) is 26.1 Å². The Hall–Kier alpha value is -2.09. The largest absolute Gasteiger partial charge is 0.435 e. The molecule has 0 fully saturated rings. The number of nitrogens with zero attached hydrogens (tertiary/aromatic N) is 1. The van der Waals surface area contributed by atoms with Gasteiger partial charge in [0.15, 0.2) is 0 Å². The van der Waals surface area contributed by atoms with E-state index in [9.17, 15) is 13.2 Å². The van der Waals surface area contributed by atoms with E-state index >= 15 is 0 Å². The molecule has 1 aromatic carbocycles. The van der Waals surface area contributed by atoms with Gasteiger partial charge in [0.25, 0.3) is 0 Å². The zero-order chi connectivity index (χ0) is 21.0. The van der Waals surface area contributed by atoms with Crippen LogP contribution in [0.15, 0.2) is 53.3 Å². The molecule has 0 bridgehead atoms. The van der Waals surface area contributed by atoms with Crippen LogP contribution in [0.1, 0.15) is 18.9 Å². The van der Waals surface area contributed by atoms with Crippen molar-refractivity contribution in [3.8, 4) is 0 Å². The quantitative estimate of drug-likeness (QED) is 0.660. The average molecular weight is 408 g/mol. The predicted octanol–water partition coefficient (Wildman–Crippen LogP) is 3.97. The first kappa shape index (κ1) is 21.6. The second-order valence-corrected chi connectivity index (χ2v) is 7.73. The monoisotopic (exact) mass is 408 g/mol. The molecular formula is C22H27F3N2O2. The molecule has 1 aromatic rings. The lowest BCUT2D eigenvalue weighted by molar-refractivity contribution is -0.0941. The second kappa shape index (κ2) is 9.15. The van der Waals surface area contributed by atoms with E-state index in [2.05, 4.69) is 15.0 Å². The summed E-state index contributed by atoms with van der Waals surface area (Å²) in [5.41, 5.74) is 2.86. The molecule has 0 amide bonds. The molecule has 4 nitrogen and oxygen atoms in total. The van der Waals surface area contributed by atoms with Gasteiger partial charge in [0.05, 0.1) is 12.2 Å². The Kier molecular flexibility index (Phi) is 6.82. The summed E-state index contributed by atoms with van der Waals surface area (Å²) in [7, 11) is 4.01. The third-order valence-corrected chi connectivity index (χ3v) is 5.17. The van der Waals surface area contributed by atoms with Crippen LogP contribution in [-0.2, 0) is 9.47 Å². The van der Waals surface area contributed by atoms with Gasteiger partial charge in [-0.1, -0.05) is 12.1 Å². The predicted molar refractivity (Wildman–Crippen MR) is 107 cm³/mol. The standard InChI is InChI=1S/C22H27F3N2O2/c1-22-9-8-18(29-21(24)25)12-19(22)20(15-4-6-17(23)7-5-15)16(14-28-22)13-26-10-11-27(2)3/h4-8,12,21,26H,9-11,13-14H2,1-3H3. The first-order valence-electron chi connectivity index (χ1n) is 9.63. The maximum Gasteiger partial charge on any atom is 0.387 e. The van der Waals surface area contributed by atoms with Gasteiger partial charge < -0.3 is 19.7 Å². The molecular weight excluding hydrogens is 381 g/mol. The molecule has 1 aliphatic carbocycles. The number of ether oxygens (including phenoxy) is 2. The van der Waals surface area contributed by atoms with Crippen LogP contribution in [0.5, 0.6) is 0 Å². The van der Waals surface area contributed by atoms with E-state index in [0.29, 0.717) is 19.6 Å². The van der Waals surface area contributed by atoms with E-state index in [0.717, 1.165) is 35.4 Å². The molecule has 1 atom stereocenters. The summed E-state index contributed by atoms with van der Waals surface area (Å²) in [6.45, 7) is 1.72. The number of alkyl halides is 2. The summed E-state index contributed by atoms with van der Waals surface area (Å²) in [6.07, 6.45) is 3.67. The summed E-state index contributed by atoms with van der Waals surface area (Å²) in [5.74, 6) is -0.202. The fourth-order valence-corrected chi connectivity index (χ4v) is 3.58. The summed E-state index contributed by atoms with van der Waals surface area (Å²) >= 11 is 0. The van der Waals surface area contributed by atoms with Crippen LogP contribution in [0.2, 0.25) is 0 Å².